The highest BCUT2D eigenvalue weighted by Crippen LogP contribution is 2.50. The van der Waals surface area contributed by atoms with Crippen molar-refractivity contribution >= 4 is 11.8 Å². The summed E-state index contributed by atoms with van der Waals surface area (Å²) in [6, 6.07) is 24.3. The molecule has 6 heteroatoms. The zero-order chi connectivity index (χ0) is 21.2. The Morgan fingerprint density at radius 1 is 0.900 bits per heavy atom. The number of para-hydroxylation sites is 1. The first-order valence-electron chi connectivity index (χ1n) is 9.60. The van der Waals surface area contributed by atoms with Gasteiger partial charge in [-0.05, 0) is 22.8 Å². The first kappa shape index (κ1) is 20.0. The van der Waals surface area contributed by atoms with Gasteiger partial charge in [0.15, 0.2) is 0 Å². The minimum Gasteiger partial charge on any atom is -0.444 e. The van der Waals surface area contributed by atoms with Gasteiger partial charge in [-0.15, -0.1) is 0 Å². The maximum absolute atomic E-state index is 13.8. The molecule has 1 atom stereocenters. The van der Waals surface area contributed by atoms with Crippen molar-refractivity contribution in [1.82, 2.24) is 0 Å². The molecular formula is C24H20F3NO2. The van der Waals surface area contributed by atoms with Gasteiger partial charge in [-0.2, -0.15) is 13.2 Å². The molecule has 0 aromatic heterocycles. The van der Waals surface area contributed by atoms with Crippen molar-refractivity contribution in [1.29, 1.82) is 0 Å². The molecule has 3 aromatic rings. The van der Waals surface area contributed by atoms with Gasteiger partial charge in [0.2, 0.25) is 0 Å². The number of nitrogens with zero attached hydrogens (tertiary/aromatic N) is 1. The zero-order valence-electron chi connectivity index (χ0n) is 16.1. The van der Waals surface area contributed by atoms with E-state index in [4.69, 9.17) is 4.74 Å². The summed E-state index contributed by atoms with van der Waals surface area (Å²) in [7, 11) is 0. The molecule has 0 aliphatic carbocycles. The third kappa shape index (κ3) is 3.90. The van der Waals surface area contributed by atoms with E-state index < -0.39 is 24.2 Å². The van der Waals surface area contributed by atoms with Gasteiger partial charge in [0.1, 0.15) is 6.61 Å². The van der Waals surface area contributed by atoms with E-state index in [0.717, 1.165) is 5.56 Å². The Morgan fingerprint density at radius 2 is 1.50 bits per heavy atom. The molecule has 3 aromatic carbocycles. The SMILES string of the molecule is O=C(OCc1ccccc1)N1c2ccccc2CC1(CC(F)(F)F)c1ccccc1. The molecule has 1 unspecified atom stereocenters. The highest BCUT2D eigenvalue weighted by Gasteiger charge is 2.54. The second-order valence-electron chi connectivity index (χ2n) is 7.37. The van der Waals surface area contributed by atoms with Gasteiger partial charge in [-0.25, -0.2) is 4.79 Å². The molecule has 0 N–H and O–H groups in total. The van der Waals surface area contributed by atoms with Gasteiger partial charge in [-0.3, -0.25) is 4.90 Å². The van der Waals surface area contributed by atoms with Crippen LogP contribution in [0.4, 0.5) is 23.7 Å². The van der Waals surface area contributed by atoms with Gasteiger partial charge in [0.05, 0.1) is 17.6 Å². The van der Waals surface area contributed by atoms with Crippen LogP contribution in [0.3, 0.4) is 0 Å². The first-order valence-corrected chi connectivity index (χ1v) is 9.60. The molecular weight excluding hydrogens is 391 g/mol. The largest absolute Gasteiger partial charge is 0.444 e. The van der Waals surface area contributed by atoms with Gasteiger partial charge in [-0.1, -0.05) is 78.9 Å². The van der Waals surface area contributed by atoms with Gasteiger partial charge in [0, 0.05) is 6.42 Å². The van der Waals surface area contributed by atoms with Crippen molar-refractivity contribution in [2.75, 3.05) is 4.90 Å². The molecule has 1 aliphatic rings. The maximum Gasteiger partial charge on any atom is 0.415 e. The first-order chi connectivity index (χ1) is 14.4. The van der Waals surface area contributed by atoms with E-state index in [2.05, 4.69) is 0 Å². The van der Waals surface area contributed by atoms with Crippen LogP contribution in [0, 0.1) is 0 Å². The maximum atomic E-state index is 13.8. The van der Waals surface area contributed by atoms with E-state index in [-0.39, 0.29) is 13.0 Å². The summed E-state index contributed by atoms with van der Waals surface area (Å²) in [5, 5.41) is 0. The van der Waals surface area contributed by atoms with E-state index in [1.165, 1.54) is 4.90 Å². The van der Waals surface area contributed by atoms with E-state index in [9.17, 15) is 18.0 Å². The lowest BCUT2D eigenvalue weighted by Gasteiger charge is -2.39. The third-order valence-electron chi connectivity index (χ3n) is 5.34. The molecule has 4 rings (SSSR count). The zero-order valence-corrected chi connectivity index (χ0v) is 16.1. The van der Waals surface area contributed by atoms with Crippen molar-refractivity contribution in [2.45, 2.75) is 31.2 Å². The van der Waals surface area contributed by atoms with Crippen LogP contribution in [0.25, 0.3) is 0 Å². The average Bonchev–Trinajstić information content (AvgIpc) is 3.06. The fourth-order valence-electron chi connectivity index (χ4n) is 4.11. The minimum atomic E-state index is -4.48. The number of carbonyl (C=O) groups is 1. The van der Waals surface area contributed by atoms with Crippen LogP contribution in [0.15, 0.2) is 84.9 Å². The van der Waals surface area contributed by atoms with Crippen molar-refractivity contribution in [3.63, 3.8) is 0 Å². The van der Waals surface area contributed by atoms with E-state index >= 15 is 0 Å². The monoisotopic (exact) mass is 411 g/mol. The Hall–Kier alpha value is -3.28. The number of ether oxygens (including phenoxy) is 1. The van der Waals surface area contributed by atoms with Crippen LogP contribution in [0.5, 0.6) is 0 Å². The van der Waals surface area contributed by atoms with E-state index in [1.807, 2.05) is 18.2 Å². The van der Waals surface area contributed by atoms with Crippen molar-refractivity contribution in [3.8, 4) is 0 Å². The number of carbonyl (C=O) groups excluding carboxylic acids is 1. The molecule has 1 amide bonds. The number of amides is 1. The Kier molecular flexibility index (Phi) is 5.24. The standard InChI is InChI=1S/C24H20F3NO2/c25-24(26,27)17-23(20-12-5-2-6-13-20)15-19-11-7-8-14-21(19)28(23)22(29)30-16-18-9-3-1-4-10-18/h1-14H,15-17H2. The lowest BCUT2D eigenvalue weighted by molar-refractivity contribution is -0.147. The summed E-state index contributed by atoms with van der Waals surface area (Å²) >= 11 is 0. The van der Waals surface area contributed by atoms with E-state index in [1.54, 1.807) is 66.7 Å². The summed E-state index contributed by atoms with van der Waals surface area (Å²) < 4.78 is 46.8. The summed E-state index contributed by atoms with van der Waals surface area (Å²) in [4.78, 5) is 14.4. The fourth-order valence-corrected chi connectivity index (χ4v) is 4.11. The smallest absolute Gasteiger partial charge is 0.415 e. The molecule has 30 heavy (non-hydrogen) atoms. The number of hydrogen-bond acceptors (Lipinski definition) is 2. The predicted molar refractivity (Wildman–Crippen MR) is 108 cm³/mol. The van der Waals surface area contributed by atoms with Crippen molar-refractivity contribution in [2.24, 2.45) is 0 Å². The molecule has 1 aliphatic heterocycles. The average molecular weight is 411 g/mol. The number of anilines is 1. The number of alkyl halides is 3. The van der Waals surface area contributed by atoms with E-state index in [0.29, 0.717) is 16.8 Å². The Balaban J connectivity index is 1.76. The number of benzene rings is 3. The molecule has 154 valence electrons. The molecule has 0 saturated heterocycles. The fraction of sp³-hybridized carbons (Fsp3) is 0.208. The minimum absolute atomic E-state index is 0.0186. The summed E-state index contributed by atoms with van der Waals surface area (Å²) in [5.74, 6) is 0. The van der Waals surface area contributed by atoms with Crippen molar-refractivity contribution in [3.05, 3.63) is 102 Å². The lowest BCUT2D eigenvalue weighted by Crippen LogP contribution is -2.50. The lowest BCUT2D eigenvalue weighted by atomic mass is 9.82. The molecule has 0 radical (unpaired) electrons. The Morgan fingerprint density at radius 3 is 2.17 bits per heavy atom. The topological polar surface area (TPSA) is 29.5 Å². The molecule has 0 saturated carbocycles. The molecule has 0 bridgehead atoms. The molecule has 1 heterocycles. The normalized spacial score (nSPS) is 18.2. The highest BCUT2D eigenvalue weighted by molar-refractivity contribution is 5.93. The molecule has 0 spiro atoms. The Bertz CT molecular complexity index is 1020. The quantitative estimate of drug-likeness (QED) is 0.509. The third-order valence-corrected chi connectivity index (χ3v) is 5.34. The van der Waals surface area contributed by atoms with Gasteiger partial charge >= 0.3 is 12.3 Å². The number of rotatable bonds is 4. The number of hydrogen-bond donors (Lipinski definition) is 0. The second kappa shape index (κ2) is 7.86. The van der Waals surface area contributed by atoms with Crippen LogP contribution < -0.4 is 4.90 Å². The van der Waals surface area contributed by atoms with Crippen molar-refractivity contribution < 1.29 is 22.7 Å². The Labute approximate surface area is 172 Å². The van der Waals surface area contributed by atoms with Gasteiger partial charge < -0.3 is 4.74 Å². The summed E-state index contributed by atoms with van der Waals surface area (Å²) in [6.45, 7) is -0.0186. The highest BCUT2D eigenvalue weighted by atomic mass is 19.4. The number of fused-ring (bicyclic) bond motifs is 1. The molecule has 0 fully saturated rings. The number of halogens is 3. The van der Waals surface area contributed by atoms with Gasteiger partial charge in [0.25, 0.3) is 0 Å². The summed E-state index contributed by atoms with van der Waals surface area (Å²) in [5.41, 5.74) is 0.720. The van der Waals surface area contributed by atoms with Crippen LogP contribution >= 0.6 is 0 Å². The van der Waals surface area contributed by atoms with Crippen LogP contribution in [0.2, 0.25) is 0 Å². The predicted octanol–water partition coefficient (Wildman–Crippen LogP) is 6.23. The van der Waals surface area contributed by atoms with Crippen LogP contribution in [-0.4, -0.2) is 12.3 Å². The molecule has 3 nitrogen and oxygen atoms in total. The van der Waals surface area contributed by atoms with Crippen LogP contribution in [0.1, 0.15) is 23.1 Å². The summed E-state index contributed by atoms with van der Waals surface area (Å²) in [6.07, 6.45) is -6.38. The second-order valence-corrected chi connectivity index (χ2v) is 7.37. The van der Waals surface area contributed by atoms with Crippen LogP contribution in [-0.2, 0) is 23.3 Å².